The zero-order valence-corrected chi connectivity index (χ0v) is 29.8. The molecule has 1 amide bonds. The first-order valence-electron chi connectivity index (χ1n) is 18.3. The van der Waals surface area contributed by atoms with E-state index < -0.39 is 11.5 Å². The van der Waals surface area contributed by atoms with E-state index in [1.54, 1.807) is 18.2 Å². The number of aliphatic carboxylic acids is 1. The molecule has 2 fully saturated rings. The van der Waals surface area contributed by atoms with Crippen LogP contribution in [0.1, 0.15) is 91.3 Å². The second-order valence-electron chi connectivity index (χ2n) is 14.2. The van der Waals surface area contributed by atoms with Crippen molar-refractivity contribution in [1.82, 2.24) is 9.88 Å². The molecule has 1 aromatic heterocycles. The van der Waals surface area contributed by atoms with Crippen LogP contribution in [0.25, 0.3) is 28.2 Å². The molecule has 2 N–H and O–H groups in total. The maximum absolute atomic E-state index is 14.1. The number of carboxylic acids is 1. The number of hydrogen-bond donors (Lipinski definition) is 2. The number of aromatic nitrogens is 1. The molecule has 2 heterocycles. The lowest BCUT2D eigenvalue weighted by molar-refractivity contribution is -0.131. The number of ether oxygens (including phenoxy) is 2. The van der Waals surface area contributed by atoms with Crippen molar-refractivity contribution in [3.63, 3.8) is 0 Å². The van der Waals surface area contributed by atoms with Crippen molar-refractivity contribution < 1.29 is 29.0 Å². The highest BCUT2D eigenvalue weighted by Gasteiger charge is 2.45. The molecule has 0 spiro atoms. The van der Waals surface area contributed by atoms with Gasteiger partial charge in [-0.25, -0.2) is 4.79 Å². The average Bonchev–Trinajstić information content (AvgIpc) is 3.37. The molecule has 3 aromatic carbocycles. The van der Waals surface area contributed by atoms with Crippen LogP contribution >= 0.6 is 0 Å². The van der Waals surface area contributed by atoms with E-state index in [2.05, 4.69) is 46.1 Å². The van der Waals surface area contributed by atoms with Gasteiger partial charge in [-0.05, 0) is 92.5 Å². The summed E-state index contributed by atoms with van der Waals surface area (Å²) in [5, 5.41) is 13.4. The second kappa shape index (κ2) is 14.3. The van der Waals surface area contributed by atoms with E-state index >= 15 is 0 Å². The highest BCUT2D eigenvalue weighted by atomic mass is 16.5. The third-order valence-electron chi connectivity index (χ3n) is 11.2. The summed E-state index contributed by atoms with van der Waals surface area (Å²) in [4.78, 5) is 41.2. The van der Waals surface area contributed by atoms with Crippen LogP contribution in [-0.2, 0) is 22.6 Å². The topological polar surface area (TPSA) is 110 Å². The number of ketones is 1. The minimum Gasteiger partial charge on any atom is -0.496 e. The molecule has 2 aliphatic carbocycles. The number of methoxy groups -OCH3 is 1. The van der Waals surface area contributed by atoms with Gasteiger partial charge in [0.2, 0.25) is 0 Å². The number of likely N-dealkylation sites (N-methyl/N-ethyl adjacent to an activating group) is 1. The molecule has 4 aromatic rings. The molecule has 51 heavy (non-hydrogen) atoms. The fourth-order valence-corrected chi connectivity index (χ4v) is 8.31. The maximum Gasteiger partial charge on any atom is 0.328 e. The Morgan fingerprint density at radius 2 is 1.78 bits per heavy atom. The predicted molar refractivity (Wildman–Crippen MR) is 200 cm³/mol. The molecule has 3 aliphatic rings. The van der Waals surface area contributed by atoms with Gasteiger partial charge >= 0.3 is 5.97 Å². The monoisotopic (exact) mass is 689 g/mol. The zero-order valence-electron chi connectivity index (χ0n) is 29.8. The summed E-state index contributed by atoms with van der Waals surface area (Å²) in [5.74, 6) is 0.488. The smallest absolute Gasteiger partial charge is 0.328 e. The molecule has 0 saturated heterocycles. The quantitative estimate of drug-likeness (QED) is 0.155. The number of carboxylic acid groups (broad SMARTS) is 1. The molecule has 9 heteroatoms. The van der Waals surface area contributed by atoms with E-state index in [1.807, 2.05) is 19.1 Å². The average molecular weight is 690 g/mol. The van der Waals surface area contributed by atoms with Crippen LogP contribution in [0.3, 0.4) is 0 Å². The maximum atomic E-state index is 14.1. The Balaban J connectivity index is 1.21. The van der Waals surface area contributed by atoms with Crippen LogP contribution in [0.4, 0.5) is 5.69 Å². The highest BCUT2D eigenvalue weighted by molar-refractivity contribution is 6.04. The molecule has 266 valence electrons. The van der Waals surface area contributed by atoms with Crippen molar-refractivity contribution in [3.8, 4) is 22.8 Å². The van der Waals surface area contributed by atoms with Gasteiger partial charge in [-0.2, -0.15) is 0 Å². The predicted octanol–water partition coefficient (Wildman–Crippen LogP) is 7.78. The van der Waals surface area contributed by atoms with E-state index in [-0.39, 0.29) is 18.1 Å². The van der Waals surface area contributed by atoms with Crippen LogP contribution in [-0.4, -0.2) is 60.2 Å². The first kappa shape index (κ1) is 34.4. The van der Waals surface area contributed by atoms with Crippen molar-refractivity contribution in [2.45, 2.75) is 82.7 Å². The number of benzene rings is 3. The summed E-state index contributed by atoms with van der Waals surface area (Å²) in [6.45, 7) is 4.22. The van der Waals surface area contributed by atoms with Crippen molar-refractivity contribution >= 4 is 40.3 Å². The number of carbonyl (C=O) groups excluding carboxylic acids is 2. The van der Waals surface area contributed by atoms with Gasteiger partial charge in [0.15, 0.2) is 5.78 Å². The lowest BCUT2D eigenvalue weighted by atomic mass is 9.72. The molecule has 9 nitrogen and oxygen atoms in total. The van der Waals surface area contributed by atoms with Crippen molar-refractivity contribution in [1.29, 1.82) is 0 Å². The van der Waals surface area contributed by atoms with E-state index in [4.69, 9.17) is 14.6 Å². The Morgan fingerprint density at radius 1 is 0.980 bits per heavy atom. The third kappa shape index (κ3) is 6.62. The van der Waals surface area contributed by atoms with Crippen molar-refractivity contribution in [2.24, 2.45) is 0 Å². The van der Waals surface area contributed by atoms with Crippen molar-refractivity contribution in [3.05, 3.63) is 82.9 Å². The number of nitrogens with zero attached hydrogens (tertiary/aromatic N) is 2. The molecule has 0 atom stereocenters. The van der Waals surface area contributed by atoms with E-state index in [0.717, 1.165) is 55.4 Å². The van der Waals surface area contributed by atoms with Gasteiger partial charge in [0.05, 0.1) is 24.9 Å². The van der Waals surface area contributed by atoms with Gasteiger partial charge < -0.3 is 29.4 Å². The van der Waals surface area contributed by atoms with Gasteiger partial charge in [-0.1, -0.05) is 37.5 Å². The van der Waals surface area contributed by atoms with Gasteiger partial charge in [0.1, 0.15) is 11.5 Å². The number of carbonyl (C=O) groups is 3. The van der Waals surface area contributed by atoms with E-state index in [9.17, 15) is 14.4 Å². The molecular weight excluding hydrogens is 642 g/mol. The fourth-order valence-electron chi connectivity index (χ4n) is 8.31. The Hall–Kier alpha value is -5.05. The third-order valence-corrected chi connectivity index (χ3v) is 11.2. The number of amides is 1. The normalized spacial score (nSPS) is 17.0. The highest BCUT2D eigenvalue weighted by Crippen LogP contribution is 2.48. The summed E-state index contributed by atoms with van der Waals surface area (Å²) in [6, 6.07) is 17.8. The summed E-state index contributed by atoms with van der Waals surface area (Å²) < 4.78 is 13.9. The second-order valence-corrected chi connectivity index (χ2v) is 14.2. The number of Topliss-reactive ketones (excluding diaryl/α,β-unsaturated/α-hetero) is 1. The van der Waals surface area contributed by atoms with Crippen molar-refractivity contribution in [2.75, 3.05) is 32.2 Å². The Morgan fingerprint density at radius 3 is 2.49 bits per heavy atom. The Labute approximate surface area is 299 Å². The van der Waals surface area contributed by atoms with Gasteiger partial charge in [-0.15, -0.1) is 0 Å². The van der Waals surface area contributed by atoms with Gasteiger partial charge in [-0.3, -0.25) is 9.59 Å². The Kier molecular flexibility index (Phi) is 9.64. The molecule has 0 bridgehead atoms. The summed E-state index contributed by atoms with van der Waals surface area (Å²) in [6.07, 6.45) is 10.7. The molecule has 7 rings (SSSR count). The zero-order chi connectivity index (χ0) is 35.7. The van der Waals surface area contributed by atoms with Crippen LogP contribution in [0.15, 0.2) is 60.7 Å². The number of anilines is 1. The summed E-state index contributed by atoms with van der Waals surface area (Å²) in [7, 11) is 3.67. The van der Waals surface area contributed by atoms with Gasteiger partial charge in [0.25, 0.3) is 5.91 Å². The van der Waals surface area contributed by atoms with Crippen LogP contribution in [0.5, 0.6) is 11.5 Å². The van der Waals surface area contributed by atoms with Gasteiger partial charge in [0, 0.05) is 72.0 Å². The first-order chi connectivity index (χ1) is 24.7. The fraction of sp³-hybridized carbons (Fsp3) is 0.405. The number of fused-ring (bicyclic) bond motifs is 5. The molecular formula is C42H47N3O6. The summed E-state index contributed by atoms with van der Waals surface area (Å²) >= 11 is 0. The SMILES string of the molecule is CCOc1ccc2c(c1)N(C)CCn1c-2c(C2CCCCC2)c2ccc(C(=O)NC3(C(=O)Cc4ccc(/C=C/C(=O)O)cc4OC)CCC3)cc21. The van der Waals surface area contributed by atoms with Crippen LogP contribution in [0.2, 0.25) is 0 Å². The van der Waals surface area contributed by atoms with Crippen LogP contribution in [0, 0.1) is 0 Å². The number of hydrogen-bond acceptors (Lipinski definition) is 6. The van der Waals surface area contributed by atoms with Crippen LogP contribution < -0.4 is 19.7 Å². The summed E-state index contributed by atoms with van der Waals surface area (Å²) in [5.41, 5.74) is 7.02. The molecule has 0 unspecified atom stereocenters. The molecule has 0 radical (unpaired) electrons. The number of nitrogens with one attached hydrogen (secondary N) is 1. The van der Waals surface area contributed by atoms with E-state index in [1.165, 1.54) is 54.7 Å². The van der Waals surface area contributed by atoms with E-state index in [0.29, 0.717) is 47.8 Å². The largest absolute Gasteiger partial charge is 0.496 e. The molecule has 2 saturated carbocycles. The lowest BCUT2D eigenvalue weighted by Crippen LogP contribution is -2.59. The Bertz CT molecular complexity index is 2020. The minimum absolute atomic E-state index is 0.0579. The minimum atomic E-state index is -1.04. The number of rotatable bonds is 11. The molecule has 1 aliphatic heterocycles. The standard InChI is InChI=1S/C42H47N3O6/c1-4-51-31-15-17-33-34(26-31)44(2)21-22-45-35-24-30(14-16-32(35)39(40(33)45)28-9-6-5-7-10-28)41(49)43-42(19-8-20-42)37(46)25-29-13-11-27(12-18-38(47)48)23-36(29)50-3/h11-18,23-24,26,28H,4-10,19-22,25H2,1-3H3,(H,43,49)(H,47,48)/b18-12+. The first-order valence-corrected chi connectivity index (χ1v) is 18.3. The lowest BCUT2D eigenvalue weighted by Gasteiger charge is -2.41.